The summed E-state index contributed by atoms with van der Waals surface area (Å²) >= 11 is 0. The van der Waals surface area contributed by atoms with E-state index in [9.17, 15) is 0 Å². The molecular formula is C16H13N3O. The summed E-state index contributed by atoms with van der Waals surface area (Å²) in [7, 11) is 0. The molecule has 0 atom stereocenters. The van der Waals surface area contributed by atoms with E-state index in [-0.39, 0.29) is 0 Å². The molecule has 2 aromatic heterocycles. The summed E-state index contributed by atoms with van der Waals surface area (Å²) in [5.41, 5.74) is 2.89. The van der Waals surface area contributed by atoms with E-state index < -0.39 is 0 Å². The third kappa shape index (κ3) is 2.80. The van der Waals surface area contributed by atoms with Crippen LogP contribution in [0.3, 0.4) is 0 Å². The minimum atomic E-state index is 0.333. The molecule has 0 saturated carbocycles. The van der Waals surface area contributed by atoms with Gasteiger partial charge in [0.05, 0.1) is 0 Å². The first kappa shape index (κ1) is 12.3. The van der Waals surface area contributed by atoms with Crippen molar-refractivity contribution in [1.82, 2.24) is 15.0 Å². The van der Waals surface area contributed by atoms with Gasteiger partial charge in [0, 0.05) is 35.4 Å². The summed E-state index contributed by atoms with van der Waals surface area (Å²) in [5, 5.41) is 0. The molecule has 3 aromatic rings. The number of nitrogens with zero attached hydrogens (tertiary/aromatic N) is 3. The summed E-state index contributed by atoms with van der Waals surface area (Å²) < 4.78 is 5.55. The Hall–Kier alpha value is -2.75. The Morgan fingerprint density at radius 1 is 0.750 bits per heavy atom. The number of pyridine rings is 1. The lowest BCUT2D eigenvalue weighted by molar-refractivity contribution is 0.442. The Balaban J connectivity index is 1.79. The standard InChI is InChI=1S/C16H13N3O/c1-12-7-8-13(9-17-12)14-10-18-16(19-11-14)20-15-5-3-2-4-6-15/h2-11H,1H3. The molecule has 0 spiro atoms. The van der Waals surface area contributed by atoms with Crippen LogP contribution in [0.4, 0.5) is 0 Å². The smallest absolute Gasteiger partial charge is 0.321 e. The fraction of sp³-hybridized carbons (Fsp3) is 0.0625. The quantitative estimate of drug-likeness (QED) is 0.723. The highest BCUT2D eigenvalue weighted by Crippen LogP contribution is 2.20. The fourth-order valence-electron chi connectivity index (χ4n) is 1.75. The maximum atomic E-state index is 5.55. The Bertz CT molecular complexity index is 679. The molecule has 0 radical (unpaired) electrons. The lowest BCUT2D eigenvalue weighted by Gasteiger charge is -2.04. The number of ether oxygens (including phenoxy) is 1. The summed E-state index contributed by atoms with van der Waals surface area (Å²) in [5.74, 6) is 0.720. The third-order valence-corrected chi connectivity index (χ3v) is 2.83. The van der Waals surface area contributed by atoms with Gasteiger partial charge in [0.25, 0.3) is 0 Å². The van der Waals surface area contributed by atoms with Gasteiger partial charge in [-0.2, -0.15) is 0 Å². The molecule has 4 heteroatoms. The molecule has 4 nitrogen and oxygen atoms in total. The Labute approximate surface area is 117 Å². The molecule has 0 N–H and O–H groups in total. The van der Waals surface area contributed by atoms with Crippen LogP contribution < -0.4 is 4.74 Å². The van der Waals surface area contributed by atoms with E-state index in [1.165, 1.54) is 0 Å². The summed E-state index contributed by atoms with van der Waals surface area (Å²) in [6, 6.07) is 13.8. The number of rotatable bonds is 3. The zero-order valence-corrected chi connectivity index (χ0v) is 11.0. The number of aryl methyl sites for hydroxylation is 1. The maximum Gasteiger partial charge on any atom is 0.321 e. The van der Waals surface area contributed by atoms with Crippen molar-refractivity contribution in [2.24, 2.45) is 0 Å². The lowest BCUT2D eigenvalue weighted by atomic mass is 10.1. The van der Waals surface area contributed by atoms with Crippen molar-refractivity contribution < 1.29 is 4.74 Å². The van der Waals surface area contributed by atoms with Gasteiger partial charge in [-0.25, -0.2) is 9.97 Å². The second-order valence-electron chi connectivity index (χ2n) is 4.36. The highest BCUT2D eigenvalue weighted by atomic mass is 16.5. The number of aromatic nitrogens is 3. The van der Waals surface area contributed by atoms with E-state index in [1.54, 1.807) is 12.4 Å². The van der Waals surface area contributed by atoms with Crippen molar-refractivity contribution in [2.45, 2.75) is 6.92 Å². The minimum absolute atomic E-state index is 0.333. The second kappa shape index (κ2) is 5.48. The Kier molecular flexibility index (Phi) is 3.37. The first-order valence-electron chi connectivity index (χ1n) is 6.29. The molecule has 0 unspecified atom stereocenters. The van der Waals surface area contributed by atoms with Crippen LogP contribution in [0.2, 0.25) is 0 Å². The van der Waals surface area contributed by atoms with Crippen LogP contribution in [0.15, 0.2) is 61.1 Å². The van der Waals surface area contributed by atoms with Crippen LogP contribution in [0, 0.1) is 6.92 Å². The predicted octanol–water partition coefficient (Wildman–Crippen LogP) is 3.64. The van der Waals surface area contributed by atoms with Crippen LogP contribution >= 0.6 is 0 Å². The molecule has 2 heterocycles. The molecule has 1 aromatic carbocycles. The molecule has 0 amide bonds. The average Bonchev–Trinajstić information content (AvgIpc) is 2.50. The molecule has 0 aliphatic carbocycles. The number of benzene rings is 1. The lowest BCUT2D eigenvalue weighted by Crippen LogP contribution is -1.92. The van der Waals surface area contributed by atoms with Crippen molar-refractivity contribution in [3.63, 3.8) is 0 Å². The van der Waals surface area contributed by atoms with Gasteiger partial charge >= 0.3 is 6.01 Å². The summed E-state index contributed by atoms with van der Waals surface area (Å²) in [6.45, 7) is 1.96. The van der Waals surface area contributed by atoms with E-state index in [4.69, 9.17) is 4.74 Å². The van der Waals surface area contributed by atoms with Gasteiger partial charge in [0.2, 0.25) is 0 Å². The zero-order valence-electron chi connectivity index (χ0n) is 11.0. The molecule has 0 fully saturated rings. The molecule has 0 aliphatic rings. The zero-order chi connectivity index (χ0) is 13.8. The van der Waals surface area contributed by atoms with Gasteiger partial charge in [0.15, 0.2) is 0 Å². The molecule has 98 valence electrons. The van der Waals surface area contributed by atoms with Crippen LogP contribution in [-0.2, 0) is 0 Å². The highest BCUT2D eigenvalue weighted by molar-refractivity contribution is 5.60. The highest BCUT2D eigenvalue weighted by Gasteiger charge is 2.02. The first-order valence-corrected chi connectivity index (χ1v) is 6.29. The van der Waals surface area contributed by atoms with E-state index in [2.05, 4.69) is 15.0 Å². The fourth-order valence-corrected chi connectivity index (χ4v) is 1.75. The van der Waals surface area contributed by atoms with E-state index in [0.29, 0.717) is 6.01 Å². The van der Waals surface area contributed by atoms with Gasteiger partial charge in [-0.1, -0.05) is 24.3 Å². The monoisotopic (exact) mass is 263 g/mol. The van der Waals surface area contributed by atoms with Crippen LogP contribution in [0.1, 0.15) is 5.69 Å². The van der Waals surface area contributed by atoms with Crippen molar-refractivity contribution in [3.8, 4) is 22.9 Å². The molecule has 0 aliphatic heterocycles. The van der Waals surface area contributed by atoms with Crippen molar-refractivity contribution in [1.29, 1.82) is 0 Å². The van der Waals surface area contributed by atoms with Gasteiger partial charge in [-0.3, -0.25) is 4.98 Å². The van der Waals surface area contributed by atoms with E-state index in [0.717, 1.165) is 22.6 Å². The molecule has 20 heavy (non-hydrogen) atoms. The number of hydrogen-bond acceptors (Lipinski definition) is 4. The normalized spacial score (nSPS) is 10.2. The third-order valence-electron chi connectivity index (χ3n) is 2.83. The predicted molar refractivity (Wildman–Crippen MR) is 76.5 cm³/mol. The van der Waals surface area contributed by atoms with Crippen LogP contribution in [0.25, 0.3) is 11.1 Å². The minimum Gasteiger partial charge on any atom is -0.424 e. The van der Waals surface area contributed by atoms with Crippen LogP contribution in [-0.4, -0.2) is 15.0 Å². The molecule has 0 saturated heterocycles. The van der Waals surface area contributed by atoms with Gasteiger partial charge in [-0.05, 0) is 25.1 Å². The van der Waals surface area contributed by atoms with Crippen LogP contribution in [0.5, 0.6) is 11.8 Å². The van der Waals surface area contributed by atoms with Crippen molar-refractivity contribution in [2.75, 3.05) is 0 Å². The molecule has 3 rings (SSSR count). The topological polar surface area (TPSA) is 47.9 Å². The SMILES string of the molecule is Cc1ccc(-c2cnc(Oc3ccccc3)nc2)cn1. The first-order chi connectivity index (χ1) is 9.81. The van der Waals surface area contributed by atoms with Crippen molar-refractivity contribution >= 4 is 0 Å². The molecular weight excluding hydrogens is 250 g/mol. The molecule has 0 bridgehead atoms. The maximum absolute atomic E-state index is 5.55. The Morgan fingerprint density at radius 3 is 2.10 bits per heavy atom. The van der Waals surface area contributed by atoms with Gasteiger partial charge in [-0.15, -0.1) is 0 Å². The largest absolute Gasteiger partial charge is 0.424 e. The van der Waals surface area contributed by atoms with E-state index in [1.807, 2.05) is 55.6 Å². The second-order valence-corrected chi connectivity index (χ2v) is 4.36. The Morgan fingerprint density at radius 2 is 1.45 bits per heavy atom. The number of hydrogen-bond donors (Lipinski definition) is 0. The average molecular weight is 263 g/mol. The summed E-state index contributed by atoms with van der Waals surface area (Å²) in [6.07, 6.45) is 5.28. The van der Waals surface area contributed by atoms with Gasteiger partial charge in [0.1, 0.15) is 5.75 Å². The van der Waals surface area contributed by atoms with Gasteiger partial charge < -0.3 is 4.74 Å². The summed E-state index contributed by atoms with van der Waals surface area (Å²) in [4.78, 5) is 12.7. The van der Waals surface area contributed by atoms with E-state index >= 15 is 0 Å². The van der Waals surface area contributed by atoms with Crippen molar-refractivity contribution in [3.05, 3.63) is 66.7 Å². The number of para-hydroxylation sites is 1.